The van der Waals surface area contributed by atoms with Crippen LogP contribution in [-0.2, 0) is 11.3 Å². The molecule has 134 valence electrons. The number of hydrogen-bond donors (Lipinski definition) is 0. The number of halogens is 1. The van der Waals surface area contributed by atoms with Crippen molar-refractivity contribution in [3.05, 3.63) is 51.6 Å². The van der Waals surface area contributed by atoms with E-state index in [0.29, 0.717) is 5.69 Å². The van der Waals surface area contributed by atoms with Gasteiger partial charge < -0.3 is 9.64 Å². The maximum absolute atomic E-state index is 13.4. The molecular weight excluding hydrogens is 331 g/mol. The Hall–Kier alpha value is -2.97. The first-order valence-electron chi connectivity index (χ1n) is 7.61. The second-order valence-corrected chi connectivity index (χ2v) is 5.53. The standard InChI is InChI=1S/C16H19FN4O4/c1-11-16(21(23)24)12(2)20(18-11)10-15(22)19(3)8-9-25-14-7-5-4-6-13(14)17/h4-7H,8-10H2,1-3H3. The highest BCUT2D eigenvalue weighted by molar-refractivity contribution is 5.75. The molecule has 0 saturated heterocycles. The van der Waals surface area contributed by atoms with Crippen LogP contribution in [0.1, 0.15) is 11.4 Å². The Morgan fingerprint density at radius 1 is 1.40 bits per heavy atom. The zero-order chi connectivity index (χ0) is 18.6. The van der Waals surface area contributed by atoms with E-state index in [4.69, 9.17) is 4.74 Å². The minimum atomic E-state index is -0.509. The van der Waals surface area contributed by atoms with Crippen molar-refractivity contribution in [3.63, 3.8) is 0 Å². The third-order valence-electron chi connectivity index (χ3n) is 3.76. The molecular formula is C16H19FN4O4. The molecule has 0 aliphatic carbocycles. The molecule has 0 bridgehead atoms. The summed E-state index contributed by atoms with van der Waals surface area (Å²) in [6.07, 6.45) is 0. The fraction of sp³-hybridized carbons (Fsp3) is 0.375. The zero-order valence-electron chi connectivity index (χ0n) is 14.2. The Morgan fingerprint density at radius 3 is 2.68 bits per heavy atom. The molecule has 1 heterocycles. The van der Waals surface area contributed by atoms with E-state index in [0.717, 1.165) is 0 Å². The number of rotatable bonds is 7. The molecule has 0 aliphatic rings. The molecule has 0 unspecified atom stereocenters. The normalized spacial score (nSPS) is 10.6. The lowest BCUT2D eigenvalue weighted by molar-refractivity contribution is -0.386. The molecule has 9 heteroatoms. The quantitative estimate of drug-likeness (QED) is 0.563. The van der Waals surface area contributed by atoms with Crippen molar-refractivity contribution < 1.29 is 18.8 Å². The summed E-state index contributed by atoms with van der Waals surface area (Å²) in [6.45, 7) is 3.33. The number of hydrogen-bond acceptors (Lipinski definition) is 5. The van der Waals surface area contributed by atoms with Crippen LogP contribution in [0.4, 0.5) is 10.1 Å². The number of nitrogens with zero attached hydrogens (tertiary/aromatic N) is 4. The highest BCUT2D eigenvalue weighted by Gasteiger charge is 2.23. The average molecular weight is 350 g/mol. The lowest BCUT2D eigenvalue weighted by atomic mass is 10.3. The molecule has 1 aromatic carbocycles. The van der Waals surface area contributed by atoms with Gasteiger partial charge in [-0.3, -0.25) is 19.6 Å². The van der Waals surface area contributed by atoms with E-state index < -0.39 is 10.7 Å². The van der Waals surface area contributed by atoms with Crippen LogP contribution in [-0.4, -0.2) is 45.7 Å². The van der Waals surface area contributed by atoms with Gasteiger partial charge >= 0.3 is 5.69 Å². The van der Waals surface area contributed by atoms with Gasteiger partial charge in [0, 0.05) is 7.05 Å². The summed E-state index contributed by atoms with van der Waals surface area (Å²) in [6, 6.07) is 6.01. The highest BCUT2D eigenvalue weighted by atomic mass is 19.1. The second-order valence-electron chi connectivity index (χ2n) is 5.53. The van der Waals surface area contributed by atoms with Gasteiger partial charge in [0.15, 0.2) is 11.6 Å². The fourth-order valence-corrected chi connectivity index (χ4v) is 2.33. The number of nitro groups is 1. The van der Waals surface area contributed by atoms with Crippen molar-refractivity contribution in [2.45, 2.75) is 20.4 Å². The molecule has 0 fully saturated rings. The minimum Gasteiger partial charge on any atom is -0.489 e. The maximum atomic E-state index is 13.4. The van der Waals surface area contributed by atoms with Crippen LogP contribution < -0.4 is 4.74 Å². The summed E-state index contributed by atoms with van der Waals surface area (Å²) in [4.78, 5) is 24.1. The van der Waals surface area contributed by atoms with E-state index in [1.54, 1.807) is 26.1 Å². The van der Waals surface area contributed by atoms with Gasteiger partial charge in [-0.1, -0.05) is 12.1 Å². The zero-order valence-corrected chi connectivity index (χ0v) is 14.2. The third-order valence-corrected chi connectivity index (χ3v) is 3.76. The van der Waals surface area contributed by atoms with Gasteiger partial charge in [-0.2, -0.15) is 5.10 Å². The van der Waals surface area contributed by atoms with E-state index in [1.807, 2.05) is 0 Å². The molecule has 0 radical (unpaired) electrons. The Balaban J connectivity index is 1.92. The molecule has 0 N–H and O–H groups in total. The van der Waals surface area contributed by atoms with E-state index in [-0.39, 0.29) is 42.7 Å². The van der Waals surface area contributed by atoms with Crippen LogP contribution in [0, 0.1) is 29.8 Å². The van der Waals surface area contributed by atoms with Gasteiger partial charge in [-0.25, -0.2) is 4.39 Å². The molecule has 0 aliphatic heterocycles. The smallest absolute Gasteiger partial charge is 0.312 e. The Kier molecular flexibility index (Phi) is 5.68. The Bertz CT molecular complexity index is 790. The van der Waals surface area contributed by atoms with Gasteiger partial charge in [0.2, 0.25) is 5.91 Å². The van der Waals surface area contributed by atoms with Crippen molar-refractivity contribution in [3.8, 4) is 5.75 Å². The van der Waals surface area contributed by atoms with E-state index in [2.05, 4.69) is 5.10 Å². The van der Waals surface area contributed by atoms with Gasteiger partial charge in [0.1, 0.15) is 24.5 Å². The van der Waals surface area contributed by atoms with Crippen LogP contribution in [0.3, 0.4) is 0 Å². The summed E-state index contributed by atoms with van der Waals surface area (Å²) in [5.41, 5.74) is 0.506. The fourth-order valence-electron chi connectivity index (χ4n) is 2.33. The summed E-state index contributed by atoms with van der Waals surface area (Å²) in [5, 5.41) is 15.0. The van der Waals surface area contributed by atoms with Crippen LogP contribution in [0.25, 0.3) is 0 Å². The average Bonchev–Trinajstić information content (AvgIpc) is 2.83. The Morgan fingerprint density at radius 2 is 2.08 bits per heavy atom. The van der Waals surface area contributed by atoms with Gasteiger partial charge in [0.05, 0.1) is 11.5 Å². The second kappa shape index (κ2) is 7.73. The first kappa shape index (κ1) is 18.4. The number of ether oxygens (including phenoxy) is 1. The van der Waals surface area contributed by atoms with Crippen LogP contribution in [0.15, 0.2) is 24.3 Å². The van der Waals surface area contributed by atoms with Crippen LogP contribution >= 0.6 is 0 Å². The molecule has 2 aromatic rings. The van der Waals surface area contributed by atoms with Crippen molar-refractivity contribution in [1.82, 2.24) is 14.7 Å². The summed E-state index contributed by atoms with van der Waals surface area (Å²) >= 11 is 0. The number of para-hydroxylation sites is 1. The topological polar surface area (TPSA) is 90.5 Å². The Labute approximate surface area is 144 Å². The number of benzene rings is 1. The lowest BCUT2D eigenvalue weighted by Crippen LogP contribution is -2.34. The lowest BCUT2D eigenvalue weighted by Gasteiger charge is -2.18. The number of likely N-dealkylation sites (N-methyl/N-ethyl adjacent to an activating group) is 1. The maximum Gasteiger partial charge on any atom is 0.312 e. The molecule has 1 aromatic heterocycles. The van der Waals surface area contributed by atoms with E-state index in [1.165, 1.54) is 28.6 Å². The summed E-state index contributed by atoms with van der Waals surface area (Å²) < 4.78 is 20.1. The third kappa shape index (κ3) is 4.31. The van der Waals surface area contributed by atoms with Crippen molar-refractivity contribution in [2.75, 3.05) is 20.2 Å². The van der Waals surface area contributed by atoms with Gasteiger partial charge in [-0.05, 0) is 26.0 Å². The van der Waals surface area contributed by atoms with Gasteiger partial charge in [-0.15, -0.1) is 0 Å². The van der Waals surface area contributed by atoms with Crippen molar-refractivity contribution in [1.29, 1.82) is 0 Å². The molecule has 2 rings (SSSR count). The number of aryl methyl sites for hydroxylation is 1. The van der Waals surface area contributed by atoms with Crippen molar-refractivity contribution in [2.24, 2.45) is 0 Å². The molecule has 0 spiro atoms. The predicted octanol–water partition coefficient (Wildman–Crippen LogP) is 2.08. The molecule has 0 atom stereocenters. The van der Waals surface area contributed by atoms with Crippen molar-refractivity contribution >= 4 is 11.6 Å². The molecule has 25 heavy (non-hydrogen) atoms. The van der Waals surface area contributed by atoms with E-state index in [9.17, 15) is 19.3 Å². The first-order chi connectivity index (χ1) is 11.8. The monoisotopic (exact) mass is 350 g/mol. The SMILES string of the molecule is Cc1nn(CC(=O)N(C)CCOc2ccccc2F)c(C)c1[N+](=O)[O-]. The van der Waals surface area contributed by atoms with Crippen LogP contribution in [0.5, 0.6) is 5.75 Å². The van der Waals surface area contributed by atoms with Crippen LogP contribution in [0.2, 0.25) is 0 Å². The summed E-state index contributed by atoms with van der Waals surface area (Å²) in [5.74, 6) is -0.624. The number of carbonyl (C=O) groups is 1. The number of amides is 1. The highest BCUT2D eigenvalue weighted by Crippen LogP contribution is 2.21. The molecule has 1 amide bonds. The predicted molar refractivity (Wildman–Crippen MR) is 87.9 cm³/mol. The first-order valence-corrected chi connectivity index (χ1v) is 7.61. The van der Waals surface area contributed by atoms with E-state index >= 15 is 0 Å². The largest absolute Gasteiger partial charge is 0.489 e. The van der Waals surface area contributed by atoms with Gasteiger partial charge in [0.25, 0.3) is 0 Å². The molecule has 8 nitrogen and oxygen atoms in total. The number of aromatic nitrogens is 2. The number of carbonyl (C=O) groups excluding carboxylic acids is 1. The minimum absolute atomic E-state index is 0.0849. The molecule has 0 saturated carbocycles. The summed E-state index contributed by atoms with van der Waals surface area (Å²) in [7, 11) is 1.58.